The SMILES string of the molecule is CCOc1cccc(S(=O)(=O)N2CCCC(C)C2CN)c1. The van der Waals surface area contributed by atoms with E-state index >= 15 is 0 Å². The number of nitrogens with two attached hydrogens (primary N) is 1. The van der Waals surface area contributed by atoms with Crippen molar-refractivity contribution in [3.8, 4) is 5.75 Å². The van der Waals surface area contributed by atoms with Crippen LogP contribution in [0.2, 0.25) is 0 Å². The van der Waals surface area contributed by atoms with Gasteiger partial charge in [-0.1, -0.05) is 13.0 Å². The van der Waals surface area contributed by atoms with Gasteiger partial charge in [-0.3, -0.25) is 0 Å². The molecular formula is C15H24N2O3S. The van der Waals surface area contributed by atoms with Crippen molar-refractivity contribution in [3.63, 3.8) is 0 Å². The zero-order valence-electron chi connectivity index (χ0n) is 12.7. The Morgan fingerprint density at radius 1 is 1.43 bits per heavy atom. The Morgan fingerprint density at radius 3 is 2.86 bits per heavy atom. The molecule has 1 heterocycles. The number of ether oxygens (including phenoxy) is 1. The molecule has 1 saturated heterocycles. The Bertz CT molecular complexity index is 574. The van der Waals surface area contributed by atoms with E-state index in [4.69, 9.17) is 10.5 Å². The topological polar surface area (TPSA) is 72.6 Å². The van der Waals surface area contributed by atoms with Crippen LogP contribution in [0.5, 0.6) is 5.75 Å². The molecule has 2 rings (SSSR count). The van der Waals surface area contributed by atoms with Crippen LogP contribution in [0.15, 0.2) is 29.2 Å². The van der Waals surface area contributed by atoms with Gasteiger partial charge in [-0.05, 0) is 37.8 Å². The monoisotopic (exact) mass is 312 g/mol. The molecule has 2 N–H and O–H groups in total. The van der Waals surface area contributed by atoms with Crippen LogP contribution in [-0.4, -0.2) is 38.5 Å². The molecule has 0 aliphatic carbocycles. The highest BCUT2D eigenvalue weighted by Gasteiger charge is 2.36. The van der Waals surface area contributed by atoms with E-state index in [2.05, 4.69) is 6.92 Å². The van der Waals surface area contributed by atoms with Crippen LogP contribution >= 0.6 is 0 Å². The van der Waals surface area contributed by atoms with E-state index in [1.807, 2.05) is 6.92 Å². The third-order valence-electron chi connectivity index (χ3n) is 4.03. The molecule has 1 aliphatic rings. The van der Waals surface area contributed by atoms with Crippen molar-refractivity contribution in [1.82, 2.24) is 4.31 Å². The number of nitrogens with zero attached hydrogens (tertiary/aromatic N) is 1. The number of sulfonamides is 1. The second-order valence-electron chi connectivity index (χ2n) is 5.45. The fourth-order valence-electron chi connectivity index (χ4n) is 2.89. The van der Waals surface area contributed by atoms with Gasteiger partial charge in [-0.25, -0.2) is 8.42 Å². The second-order valence-corrected chi connectivity index (χ2v) is 7.34. The van der Waals surface area contributed by atoms with Gasteiger partial charge >= 0.3 is 0 Å². The minimum atomic E-state index is -3.52. The number of benzene rings is 1. The smallest absolute Gasteiger partial charge is 0.243 e. The Morgan fingerprint density at radius 2 is 2.19 bits per heavy atom. The van der Waals surface area contributed by atoms with Crippen molar-refractivity contribution < 1.29 is 13.2 Å². The lowest BCUT2D eigenvalue weighted by atomic mass is 9.93. The normalized spacial score (nSPS) is 24.0. The molecule has 0 bridgehead atoms. The lowest BCUT2D eigenvalue weighted by Gasteiger charge is -2.38. The minimum absolute atomic E-state index is 0.125. The van der Waals surface area contributed by atoms with Gasteiger partial charge < -0.3 is 10.5 Å². The highest BCUT2D eigenvalue weighted by atomic mass is 32.2. The largest absolute Gasteiger partial charge is 0.494 e. The first-order valence-electron chi connectivity index (χ1n) is 7.45. The predicted octanol–water partition coefficient (Wildman–Crippen LogP) is 1.83. The molecule has 1 aromatic carbocycles. The van der Waals surface area contributed by atoms with Crippen LogP contribution in [-0.2, 0) is 10.0 Å². The summed E-state index contributed by atoms with van der Waals surface area (Å²) in [6.07, 6.45) is 1.90. The maximum atomic E-state index is 12.9. The molecule has 0 spiro atoms. The van der Waals surface area contributed by atoms with E-state index in [-0.39, 0.29) is 16.9 Å². The van der Waals surface area contributed by atoms with E-state index in [0.717, 1.165) is 12.8 Å². The molecule has 118 valence electrons. The van der Waals surface area contributed by atoms with Crippen molar-refractivity contribution >= 4 is 10.0 Å². The summed E-state index contributed by atoms with van der Waals surface area (Å²) in [6.45, 7) is 5.34. The second kappa shape index (κ2) is 6.77. The fourth-order valence-corrected chi connectivity index (χ4v) is 4.69. The molecule has 21 heavy (non-hydrogen) atoms. The summed E-state index contributed by atoms with van der Waals surface area (Å²) >= 11 is 0. The first-order valence-corrected chi connectivity index (χ1v) is 8.89. The van der Waals surface area contributed by atoms with Crippen LogP contribution in [0.4, 0.5) is 0 Å². The third kappa shape index (κ3) is 3.39. The minimum Gasteiger partial charge on any atom is -0.494 e. The van der Waals surface area contributed by atoms with Gasteiger partial charge in [0.2, 0.25) is 10.0 Å². The molecular weight excluding hydrogens is 288 g/mol. The summed E-state index contributed by atoms with van der Waals surface area (Å²) in [7, 11) is -3.52. The highest BCUT2D eigenvalue weighted by molar-refractivity contribution is 7.89. The molecule has 1 aliphatic heterocycles. The van der Waals surface area contributed by atoms with Crippen molar-refractivity contribution in [1.29, 1.82) is 0 Å². The van der Waals surface area contributed by atoms with Crippen molar-refractivity contribution in [2.45, 2.75) is 37.6 Å². The Labute approximate surface area is 127 Å². The fraction of sp³-hybridized carbons (Fsp3) is 0.600. The molecule has 6 heteroatoms. The Hall–Kier alpha value is -1.11. The number of hydrogen-bond acceptors (Lipinski definition) is 4. The van der Waals surface area contributed by atoms with Crippen molar-refractivity contribution in [3.05, 3.63) is 24.3 Å². The number of hydrogen-bond donors (Lipinski definition) is 1. The number of rotatable bonds is 5. The van der Waals surface area contributed by atoms with Crippen LogP contribution in [0, 0.1) is 5.92 Å². The number of piperidine rings is 1. The van der Waals surface area contributed by atoms with Crippen LogP contribution in [0.1, 0.15) is 26.7 Å². The van der Waals surface area contributed by atoms with E-state index in [0.29, 0.717) is 25.4 Å². The molecule has 0 amide bonds. The molecule has 1 aromatic rings. The predicted molar refractivity (Wildman–Crippen MR) is 82.7 cm³/mol. The standard InChI is InChI=1S/C15H24N2O3S/c1-3-20-13-7-4-8-14(10-13)21(18,19)17-9-5-6-12(2)15(17)11-16/h4,7-8,10,12,15H,3,5-6,9,11,16H2,1-2H3. The lowest BCUT2D eigenvalue weighted by molar-refractivity contribution is 0.192. The van der Waals surface area contributed by atoms with E-state index in [1.165, 1.54) is 0 Å². The van der Waals surface area contributed by atoms with Gasteiger partial charge in [0.15, 0.2) is 0 Å². The first kappa shape index (κ1) is 16.3. The van der Waals surface area contributed by atoms with Crippen LogP contribution in [0.25, 0.3) is 0 Å². The van der Waals surface area contributed by atoms with Gasteiger partial charge in [0.25, 0.3) is 0 Å². The summed E-state index contributed by atoms with van der Waals surface area (Å²) in [4.78, 5) is 0.279. The van der Waals surface area contributed by atoms with E-state index in [9.17, 15) is 8.42 Å². The molecule has 0 saturated carbocycles. The highest BCUT2D eigenvalue weighted by Crippen LogP contribution is 2.29. The van der Waals surface area contributed by atoms with Crippen LogP contribution in [0.3, 0.4) is 0 Å². The summed E-state index contributed by atoms with van der Waals surface area (Å²) in [5, 5.41) is 0. The average Bonchev–Trinajstić information content (AvgIpc) is 2.47. The summed E-state index contributed by atoms with van der Waals surface area (Å²) in [5.74, 6) is 0.863. The quantitative estimate of drug-likeness (QED) is 0.900. The maximum absolute atomic E-state index is 12.9. The zero-order chi connectivity index (χ0) is 15.5. The van der Waals surface area contributed by atoms with Gasteiger partial charge in [0.1, 0.15) is 5.75 Å². The van der Waals surface area contributed by atoms with Crippen molar-refractivity contribution in [2.24, 2.45) is 11.7 Å². The van der Waals surface area contributed by atoms with Gasteiger partial charge in [0, 0.05) is 25.2 Å². The van der Waals surface area contributed by atoms with E-state index < -0.39 is 10.0 Å². The summed E-state index contributed by atoms with van der Waals surface area (Å²) in [5.41, 5.74) is 5.81. The molecule has 0 aromatic heterocycles. The molecule has 0 radical (unpaired) electrons. The Balaban J connectivity index is 2.34. The summed E-state index contributed by atoms with van der Waals surface area (Å²) in [6, 6.07) is 6.56. The molecule has 5 nitrogen and oxygen atoms in total. The molecule has 2 unspecified atom stereocenters. The maximum Gasteiger partial charge on any atom is 0.243 e. The van der Waals surface area contributed by atoms with Crippen LogP contribution < -0.4 is 10.5 Å². The third-order valence-corrected chi connectivity index (χ3v) is 5.95. The zero-order valence-corrected chi connectivity index (χ0v) is 13.5. The molecule has 1 fully saturated rings. The Kier molecular flexibility index (Phi) is 5.24. The average molecular weight is 312 g/mol. The van der Waals surface area contributed by atoms with E-state index in [1.54, 1.807) is 28.6 Å². The van der Waals surface area contributed by atoms with Crippen molar-refractivity contribution in [2.75, 3.05) is 19.7 Å². The molecule has 2 atom stereocenters. The summed E-state index contributed by atoms with van der Waals surface area (Å²) < 4.78 is 32.7. The van der Waals surface area contributed by atoms with Gasteiger partial charge in [0.05, 0.1) is 11.5 Å². The van der Waals surface area contributed by atoms with Gasteiger partial charge in [-0.15, -0.1) is 0 Å². The lowest BCUT2D eigenvalue weighted by Crippen LogP contribution is -2.51. The first-order chi connectivity index (χ1) is 10.0. The van der Waals surface area contributed by atoms with Gasteiger partial charge in [-0.2, -0.15) is 4.31 Å².